The first-order valence-corrected chi connectivity index (χ1v) is 12.0. The lowest BCUT2D eigenvalue weighted by molar-refractivity contribution is -0.139. The maximum absolute atomic E-state index is 13.3. The summed E-state index contributed by atoms with van der Waals surface area (Å²) in [5, 5.41) is 3.09. The third kappa shape index (κ3) is 6.45. The number of hydrogen-bond donors (Lipinski definition) is 1. The smallest absolute Gasteiger partial charge is 0.244 e. The summed E-state index contributed by atoms with van der Waals surface area (Å²) >= 11 is 5.94. The Balaban J connectivity index is 2.40. The third-order valence-electron chi connectivity index (χ3n) is 4.98. The van der Waals surface area contributed by atoms with Gasteiger partial charge in [0.15, 0.2) is 0 Å². The Bertz CT molecular complexity index is 1050. The number of sulfonamides is 1. The van der Waals surface area contributed by atoms with Gasteiger partial charge in [-0.05, 0) is 50.1 Å². The molecule has 2 amide bonds. The second kappa shape index (κ2) is 10.2. The van der Waals surface area contributed by atoms with Crippen LogP contribution in [0.2, 0.25) is 5.02 Å². The lowest BCUT2D eigenvalue weighted by Gasteiger charge is -2.31. The number of amides is 2. The van der Waals surface area contributed by atoms with Crippen LogP contribution in [0.5, 0.6) is 0 Å². The molecular weight excluding hydrogens is 438 g/mol. The molecule has 1 N–H and O–H groups in total. The molecule has 2 rings (SSSR count). The summed E-state index contributed by atoms with van der Waals surface area (Å²) in [7, 11) is -2.26. The van der Waals surface area contributed by atoms with Crippen molar-refractivity contribution in [1.82, 2.24) is 10.2 Å². The number of rotatable bonds is 8. The average Bonchev–Trinajstić information content (AvgIpc) is 2.70. The Hall–Kier alpha value is -2.58. The number of carbonyl (C=O) groups is 2. The van der Waals surface area contributed by atoms with E-state index < -0.39 is 28.5 Å². The molecule has 1 atom stereocenters. The fraction of sp³-hybridized carbons (Fsp3) is 0.364. The van der Waals surface area contributed by atoms with Gasteiger partial charge in [0.1, 0.15) is 12.6 Å². The Kier molecular flexibility index (Phi) is 8.08. The molecule has 2 aromatic carbocycles. The van der Waals surface area contributed by atoms with Crippen LogP contribution >= 0.6 is 11.6 Å². The van der Waals surface area contributed by atoms with E-state index >= 15 is 0 Å². The lowest BCUT2D eigenvalue weighted by atomic mass is 10.1. The Labute approximate surface area is 189 Å². The van der Waals surface area contributed by atoms with Crippen LogP contribution in [0.3, 0.4) is 0 Å². The van der Waals surface area contributed by atoms with Crippen molar-refractivity contribution in [3.63, 3.8) is 0 Å². The highest BCUT2D eigenvalue weighted by Gasteiger charge is 2.30. The maximum atomic E-state index is 13.3. The predicted octanol–water partition coefficient (Wildman–Crippen LogP) is 2.89. The van der Waals surface area contributed by atoms with Crippen LogP contribution in [0.25, 0.3) is 0 Å². The third-order valence-corrected chi connectivity index (χ3v) is 6.36. The zero-order valence-electron chi connectivity index (χ0n) is 18.3. The highest BCUT2D eigenvalue weighted by molar-refractivity contribution is 7.92. The minimum atomic E-state index is -3.74. The SMILES string of the molecule is CNC(=O)[C@@H](C)N(Cc1ccc(Cl)cc1)C(=O)CN(c1ccc(C)cc1C)S(C)(=O)=O. The Morgan fingerprint density at radius 1 is 1.10 bits per heavy atom. The molecule has 2 aromatic rings. The van der Waals surface area contributed by atoms with Crippen molar-refractivity contribution in [3.05, 3.63) is 64.2 Å². The predicted molar refractivity (Wildman–Crippen MR) is 124 cm³/mol. The molecule has 168 valence electrons. The average molecular weight is 466 g/mol. The van der Waals surface area contributed by atoms with E-state index in [2.05, 4.69) is 5.32 Å². The van der Waals surface area contributed by atoms with Gasteiger partial charge in [0.05, 0.1) is 11.9 Å². The van der Waals surface area contributed by atoms with E-state index in [1.165, 1.54) is 11.9 Å². The molecule has 0 bridgehead atoms. The van der Waals surface area contributed by atoms with Crippen molar-refractivity contribution < 1.29 is 18.0 Å². The van der Waals surface area contributed by atoms with Crippen molar-refractivity contribution in [2.75, 3.05) is 24.2 Å². The van der Waals surface area contributed by atoms with Crippen LogP contribution in [0.15, 0.2) is 42.5 Å². The summed E-state index contributed by atoms with van der Waals surface area (Å²) in [6.45, 7) is 5.02. The Morgan fingerprint density at radius 2 is 1.71 bits per heavy atom. The zero-order valence-corrected chi connectivity index (χ0v) is 19.9. The number of hydrogen-bond acceptors (Lipinski definition) is 4. The molecule has 0 saturated carbocycles. The van der Waals surface area contributed by atoms with E-state index in [1.807, 2.05) is 13.0 Å². The van der Waals surface area contributed by atoms with Gasteiger partial charge in [0.25, 0.3) is 0 Å². The number of aryl methyl sites for hydroxylation is 2. The number of anilines is 1. The number of halogens is 1. The zero-order chi connectivity index (χ0) is 23.3. The number of benzene rings is 2. The van der Waals surface area contributed by atoms with Crippen molar-refractivity contribution in [2.45, 2.75) is 33.4 Å². The van der Waals surface area contributed by atoms with Crippen molar-refractivity contribution >= 4 is 39.1 Å². The molecule has 0 aliphatic heterocycles. The van der Waals surface area contributed by atoms with Crippen LogP contribution in [0, 0.1) is 13.8 Å². The van der Waals surface area contributed by atoms with Crippen LogP contribution in [0.1, 0.15) is 23.6 Å². The second-order valence-electron chi connectivity index (χ2n) is 7.50. The van der Waals surface area contributed by atoms with Gasteiger partial charge < -0.3 is 10.2 Å². The van der Waals surface area contributed by atoms with Gasteiger partial charge in [-0.25, -0.2) is 8.42 Å². The van der Waals surface area contributed by atoms with Gasteiger partial charge >= 0.3 is 0 Å². The van der Waals surface area contributed by atoms with Crippen LogP contribution < -0.4 is 9.62 Å². The minimum absolute atomic E-state index is 0.134. The van der Waals surface area contributed by atoms with Gasteiger partial charge in [0, 0.05) is 18.6 Å². The molecule has 0 spiro atoms. The van der Waals surface area contributed by atoms with Gasteiger partial charge in [0.2, 0.25) is 21.8 Å². The molecule has 0 heterocycles. The summed E-state index contributed by atoms with van der Waals surface area (Å²) < 4.78 is 26.2. The van der Waals surface area contributed by atoms with E-state index in [4.69, 9.17) is 11.6 Å². The van der Waals surface area contributed by atoms with Crippen molar-refractivity contribution in [2.24, 2.45) is 0 Å². The van der Waals surface area contributed by atoms with E-state index in [1.54, 1.807) is 50.2 Å². The molecule has 0 aromatic heterocycles. The van der Waals surface area contributed by atoms with E-state index in [-0.39, 0.29) is 12.5 Å². The monoisotopic (exact) mass is 465 g/mol. The standard InChI is InChI=1S/C22H28ClN3O4S/c1-15-6-11-20(16(2)12-15)26(31(5,29)30)14-21(27)25(17(3)22(28)24-4)13-18-7-9-19(23)10-8-18/h6-12,17H,13-14H2,1-5H3,(H,24,28)/t17-/m1/s1. The second-order valence-corrected chi connectivity index (χ2v) is 9.84. The van der Waals surface area contributed by atoms with Crippen LogP contribution in [-0.2, 0) is 26.2 Å². The first-order chi connectivity index (χ1) is 14.4. The highest BCUT2D eigenvalue weighted by atomic mass is 35.5. The molecule has 0 saturated heterocycles. The topological polar surface area (TPSA) is 86.8 Å². The van der Waals surface area contributed by atoms with Crippen molar-refractivity contribution in [1.29, 1.82) is 0 Å². The number of nitrogens with zero attached hydrogens (tertiary/aromatic N) is 2. The van der Waals surface area contributed by atoms with Gasteiger partial charge in [-0.1, -0.05) is 41.4 Å². The lowest BCUT2D eigenvalue weighted by Crippen LogP contribution is -2.50. The van der Waals surface area contributed by atoms with E-state index in [0.717, 1.165) is 27.3 Å². The molecule has 31 heavy (non-hydrogen) atoms. The quantitative estimate of drug-likeness (QED) is 0.649. The molecule has 0 radical (unpaired) electrons. The highest BCUT2D eigenvalue weighted by Crippen LogP contribution is 2.24. The molecule has 0 fully saturated rings. The summed E-state index contributed by atoms with van der Waals surface area (Å²) in [6.07, 6.45) is 1.06. The molecule has 7 nitrogen and oxygen atoms in total. The van der Waals surface area contributed by atoms with Crippen LogP contribution in [0.4, 0.5) is 5.69 Å². The molecular formula is C22H28ClN3O4S. The fourth-order valence-electron chi connectivity index (χ4n) is 3.26. The summed E-state index contributed by atoms with van der Waals surface area (Å²) in [5.41, 5.74) is 2.92. The maximum Gasteiger partial charge on any atom is 0.244 e. The largest absolute Gasteiger partial charge is 0.357 e. The minimum Gasteiger partial charge on any atom is -0.357 e. The summed E-state index contributed by atoms with van der Waals surface area (Å²) in [5.74, 6) is -0.837. The van der Waals surface area contributed by atoms with E-state index in [9.17, 15) is 18.0 Å². The normalized spacial score (nSPS) is 12.2. The fourth-order valence-corrected chi connectivity index (χ4v) is 4.29. The van der Waals surface area contributed by atoms with Gasteiger partial charge in [-0.3, -0.25) is 13.9 Å². The molecule has 9 heteroatoms. The molecule has 0 unspecified atom stereocenters. The van der Waals surface area contributed by atoms with Gasteiger partial charge in [-0.15, -0.1) is 0 Å². The van der Waals surface area contributed by atoms with Crippen molar-refractivity contribution in [3.8, 4) is 0 Å². The number of likely N-dealkylation sites (N-methyl/N-ethyl adjacent to an activating group) is 1. The van der Waals surface area contributed by atoms with Crippen LogP contribution in [-0.4, -0.2) is 51.0 Å². The number of carbonyl (C=O) groups excluding carboxylic acids is 2. The van der Waals surface area contributed by atoms with E-state index in [0.29, 0.717) is 10.7 Å². The summed E-state index contributed by atoms with van der Waals surface area (Å²) in [4.78, 5) is 27.0. The Morgan fingerprint density at radius 3 is 2.23 bits per heavy atom. The summed E-state index contributed by atoms with van der Waals surface area (Å²) in [6, 6.07) is 11.5. The van der Waals surface area contributed by atoms with Gasteiger partial charge in [-0.2, -0.15) is 0 Å². The molecule has 0 aliphatic carbocycles. The molecule has 0 aliphatic rings. The first kappa shape index (κ1) is 24.7. The number of nitrogens with one attached hydrogen (secondary N) is 1. The first-order valence-electron chi connectivity index (χ1n) is 9.74.